The zero-order chi connectivity index (χ0) is 13.8. The van der Waals surface area contributed by atoms with Gasteiger partial charge in [0.1, 0.15) is 5.76 Å². The predicted octanol–water partition coefficient (Wildman–Crippen LogP) is 1.96. The van der Waals surface area contributed by atoms with Crippen LogP contribution in [0.1, 0.15) is 22.0 Å². The SMILES string of the molecule is COC(=O)c1cccc(N)c1NCc1ncc(C)o1. The van der Waals surface area contributed by atoms with Crippen molar-refractivity contribution in [2.45, 2.75) is 13.5 Å². The summed E-state index contributed by atoms with van der Waals surface area (Å²) >= 11 is 0. The number of nitrogens with two attached hydrogens (primary N) is 1. The Bertz CT molecular complexity index is 593. The van der Waals surface area contributed by atoms with Crippen LogP contribution in [0.15, 0.2) is 28.8 Å². The fraction of sp³-hybridized carbons (Fsp3) is 0.231. The normalized spacial score (nSPS) is 10.2. The topological polar surface area (TPSA) is 90.4 Å². The van der Waals surface area contributed by atoms with Crippen molar-refractivity contribution in [2.75, 3.05) is 18.2 Å². The lowest BCUT2D eigenvalue weighted by atomic mass is 10.1. The molecular weight excluding hydrogens is 246 g/mol. The zero-order valence-corrected chi connectivity index (χ0v) is 10.8. The molecule has 0 fully saturated rings. The summed E-state index contributed by atoms with van der Waals surface area (Å²) in [5, 5.41) is 3.04. The van der Waals surface area contributed by atoms with Crippen LogP contribution in [-0.2, 0) is 11.3 Å². The van der Waals surface area contributed by atoms with Crippen molar-refractivity contribution in [1.82, 2.24) is 4.98 Å². The molecule has 6 heteroatoms. The van der Waals surface area contributed by atoms with Gasteiger partial charge in [-0.05, 0) is 19.1 Å². The van der Waals surface area contributed by atoms with Crippen LogP contribution < -0.4 is 11.1 Å². The van der Waals surface area contributed by atoms with Crippen molar-refractivity contribution in [1.29, 1.82) is 0 Å². The number of carbonyl (C=O) groups is 1. The third kappa shape index (κ3) is 2.85. The first-order valence-corrected chi connectivity index (χ1v) is 5.74. The van der Waals surface area contributed by atoms with Gasteiger partial charge in [0.05, 0.1) is 36.8 Å². The van der Waals surface area contributed by atoms with E-state index in [2.05, 4.69) is 10.3 Å². The van der Waals surface area contributed by atoms with Crippen molar-refractivity contribution in [3.63, 3.8) is 0 Å². The second-order valence-electron chi connectivity index (χ2n) is 3.98. The number of methoxy groups -OCH3 is 1. The molecule has 6 nitrogen and oxygen atoms in total. The lowest BCUT2D eigenvalue weighted by Gasteiger charge is -2.11. The molecule has 0 saturated heterocycles. The average molecular weight is 261 g/mol. The number of hydrogen-bond acceptors (Lipinski definition) is 6. The minimum absolute atomic E-state index is 0.339. The number of carbonyl (C=O) groups excluding carboxylic acids is 1. The summed E-state index contributed by atoms with van der Waals surface area (Å²) in [7, 11) is 1.33. The number of para-hydroxylation sites is 1. The third-order valence-electron chi connectivity index (χ3n) is 2.59. The summed E-state index contributed by atoms with van der Waals surface area (Å²) in [6.45, 7) is 2.15. The number of aryl methyl sites for hydroxylation is 1. The second-order valence-corrected chi connectivity index (χ2v) is 3.98. The van der Waals surface area contributed by atoms with Crippen LogP contribution in [0, 0.1) is 6.92 Å². The van der Waals surface area contributed by atoms with Crippen molar-refractivity contribution in [3.05, 3.63) is 41.6 Å². The van der Waals surface area contributed by atoms with Crippen molar-refractivity contribution in [3.8, 4) is 0 Å². The Morgan fingerprint density at radius 3 is 2.95 bits per heavy atom. The highest BCUT2D eigenvalue weighted by Gasteiger charge is 2.14. The molecule has 19 heavy (non-hydrogen) atoms. The van der Waals surface area contributed by atoms with Crippen LogP contribution in [0.4, 0.5) is 11.4 Å². The number of nitrogen functional groups attached to an aromatic ring is 1. The quantitative estimate of drug-likeness (QED) is 0.646. The largest absolute Gasteiger partial charge is 0.465 e. The number of aromatic nitrogens is 1. The predicted molar refractivity (Wildman–Crippen MR) is 70.8 cm³/mol. The van der Waals surface area contributed by atoms with Crippen LogP contribution in [0.2, 0.25) is 0 Å². The molecule has 0 spiro atoms. The van der Waals surface area contributed by atoms with E-state index in [4.69, 9.17) is 14.9 Å². The van der Waals surface area contributed by atoms with Gasteiger partial charge in [-0.1, -0.05) is 6.07 Å². The molecule has 1 aromatic heterocycles. The van der Waals surface area contributed by atoms with E-state index in [-0.39, 0.29) is 0 Å². The molecule has 100 valence electrons. The van der Waals surface area contributed by atoms with Gasteiger partial charge in [-0.15, -0.1) is 0 Å². The standard InChI is InChI=1S/C13H15N3O3/c1-8-6-15-11(19-8)7-16-12-9(13(17)18-2)4-3-5-10(12)14/h3-6,16H,7,14H2,1-2H3. The molecule has 0 saturated carbocycles. The Balaban J connectivity index is 2.21. The maximum absolute atomic E-state index is 11.6. The fourth-order valence-electron chi connectivity index (χ4n) is 1.69. The van der Waals surface area contributed by atoms with E-state index in [0.717, 1.165) is 5.76 Å². The molecule has 1 aromatic carbocycles. The number of nitrogens with one attached hydrogen (secondary N) is 1. The van der Waals surface area contributed by atoms with E-state index >= 15 is 0 Å². The first-order valence-electron chi connectivity index (χ1n) is 5.74. The highest BCUT2D eigenvalue weighted by Crippen LogP contribution is 2.24. The molecule has 0 aliphatic rings. The maximum atomic E-state index is 11.6. The number of benzene rings is 1. The van der Waals surface area contributed by atoms with Crippen LogP contribution in [0.3, 0.4) is 0 Å². The van der Waals surface area contributed by atoms with E-state index in [1.165, 1.54) is 7.11 Å². The van der Waals surface area contributed by atoms with E-state index < -0.39 is 5.97 Å². The fourth-order valence-corrected chi connectivity index (χ4v) is 1.69. The van der Waals surface area contributed by atoms with E-state index in [9.17, 15) is 4.79 Å². The summed E-state index contributed by atoms with van der Waals surface area (Å²) in [5.74, 6) is 0.806. The Morgan fingerprint density at radius 1 is 1.53 bits per heavy atom. The third-order valence-corrected chi connectivity index (χ3v) is 2.59. The summed E-state index contributed by atoms with van der Waals surface area (Å²) < 4.78 is 10.1. The molecule has 1 heterocycles. The molecule has 2 aromatic rings. The van der Waals surface area contributed by atoms with Gasteiger partial charge >= 0.3 is 5.97 Å². The smallest absolute Gasteiger partial charge is 0.340 e. The van der Waals surface area contributed by atoms with Gasteiger partial charge in [0.25, 0.3) is 0 Å². The van der Waals surface area contributed by atoms with E-state index in [0.29, 0.717) is 29.4 Å². The minimum atomic E-state index is -0.446. The second kappa shape index (κ2) is 5.43. The van der Waals surface area contributed by atoms with Gasteiger partial charge in [-0.2, -0.15) is 0 Å². The Labute approximate surface area is 110 Å². The molecule has 0 aliphatic heterocycles. The molecule has 2 rings (SSSR count). The Morgan fingerprint density at radius 2 is 2.32 bits per heavy atom. The molecule has 0 radical (unpaired) electrons. The average Bonchev–Trinajstić information content (AvgIpc) is 2.82. The molecule has 0 atom stereocenters. The van der Waals surface area contributed by atoms with Crippen molar-refractivity contribution < 1.29 is 13.9 Å². The van der Waals surface area contributed by atoms with Gasteiger partial charge in [-0.3, -0.25) is 0 Å². The van der Waals surface area contributed by atoms with Crippen LogP contribution in [0.5, 0.6) is 0 Å². The first kappa shape index (κ1) is 12.9. The first-order chi connectivity index (χ1) is 9.11. The summed E-state index contributed by atoms with van der Waals surface area (Å²) in [5.41, 5.74) is 7.23. The van der Waals surface area contributed by atoms with Crippen LogP contribution >= 0.6 is 0 Å². The van der Waals surface area contributed by atoms with Crippen LogP contribution in [0.25, 0.3) is 0 Å². The number of rotatable bonds is 4. The van der Waals surface area contributed by atoms with Gasteiger partial charge < -0.3 is 20.2 Å². The van der Waals surface area contributed by atoms with E-state index in [1.807, 2.05) is 6.92 Å². The lowest BCUT2D eigenvalue weighted by molar-refractivity contribution is 0.0602. The molecule has 3 N–H and O–H groups in total. The Kier molecular flexibility index (Phi) is 3.70. The lowest BCUT2D eigenvalue weighted by Crippen LogP contribution is -2.10. The van der Waals surface area contributed by atoms with Gasteiger partial charge in [0.2, 0.25) is 5.89 Å². The molecule has 0 bridgehead atoms. The molecule has 0 aliphatic carbocycles. The highest BCUT2D eigenvalue weighted by molar-refractivity contribution is 5.98. The summed E-state index contributed by atoms with van der Waals surface area (Å²) in [6.07, 6.45) is 1.63. The highest BCUT2D eigenvalue weighted by atomic mass is 16.5. The number of anilines is 2. The summed E-state index contributed by atoms with van der Waals surface area (Å²) in [6, 6.07) is 5.04. The number of oxazole rings is 1. The Hall–Kier alpha value is -2.50. The van der Waals surface area contributed by atoms with Gasteiger partial charge in [0, 0.05) is 0 Å². The van der Waals surface area contributed by atoms with Crippen molar-refractivity contribution >= 4 is 17.3 Å². The number of nitrogens with zero attached hydrogens (tertiary/aromatic N) is 1. The number of hydrogen-bond donors (Lipinski definition) is 2. The van der Waals surface area contributed by atoms with Crippen molar-refractivity contribution in [2.24, 2.45) is 0 Å². The van der Waals surface area contributed by atoms with E-state index in [1.54, 1.807) is 24.4 Å². The molecule has 0 unspecified atom stereocenters. The number of ether oxygens (including phenoxy) is 1. The van der Waals surface area contributed by atoms with Gasteiger partial charge in [0.15, 0.2) is 0 Å². The van der Waals surface area contributed by atoms with Gasteiger partial charge in [-0.25, -0.2) is 9.78 Å². The monoisotopic (exact) mass is 261 g/mol. The minimum Gasteiger partial charge on any atom is -0.465 e. The molecule has 0 amide bonds. The molecular formula is C13H15N3O3. The number of esters is 1. The zero-order valence-electron chi connectivity index (χ0n) is 10.8. The van der Waals surface area contributed by atoms with Crippen LogP contribution in [-0.4, -0.2) is 18.1 Å². The maximum Gasteiger partial charge on any atom is 0.340 e. The summed E-state index contributed by atoms with van der Waals surface area (Å²) in [4.78, 5) is 15.7.